The Morgan fingerprint density at radius 3 is 2.74 bits per heavy atom. The quantitative estimate of drug-likeness (QED) is 0.608. The molecule has 0 spiro atoms. The van der Waals surface area contributed by atoms with Gasteiger partial charge in [0, 0.05) is 17.0 Å². The van der Waals surface area contributed by atoms with E-state index in [1.807, 2.05) is 11.8 Å². The smallest absolute Gasteiger partial charge is 0.262 e. The van der Waals surface area contributed by atoms with Crippen LogP contribution in [0, 0.1) is 6.92 Å². The molecule has 8 heteroatoms. The Morgan fingerprint density at radius 2 is 1.97 bits per heavy atom. The summed E-state index contributed by atoms with van der Waals surface area (Å²) in [5.74, 6) is 0.253. The first kappa shape index (κ1) is 21.4. The Kier molecular flexibility index (Phi) is 5.77. The Balaban J connectivity index is 1.65. The molecule has 31 heavy (non-hydrogen) atoms. The molecule has 1 aliphatic rings. The van der Waals surface area contributed by atoms with Crippen LogP contribution >= 0.6 is 11.3 Å². The van der Waals surface area contributed by atoms with Crippen molar-refractivity contribution in [2.24, 2.45) is 0 Å². The van der Waals surface area contributed by atoms with Gasteiger partial charge in [-0.3, -0.25) is 9.52 Å². The van der Waals surface area contributed by atoms with Crippen molar-refractivity contribution in [2.45, 2.75) is 31.2 Å². The summed E-state index contributed by atoms with van der Waals surface area (Å²) >= 11 is 1.71. The number of carbonyl (C=O) groups is 1. The van der Waals surface area contributed by atoms with E-state index in [2.05, 4.69) is 16.2 Å². The minimum atomic E-state index is -3.92. The van der Waals surface area contributed by atoms with Gasteiger partial charge < -0.3 is 9.64 Å². The van der Waals surface area contributed by atoms with E-state index >= 15 is 0 Å². The Bertz CT molecular complexity index is 1230. The fraction of sp³-hybridized carbons (Fsp3) is 0.261. The second-order valence-electron chi connectivity index (χ2n) is 7.51. The summed E-state index contributed by atoms with van der Waals surface area (Å²) in [7, 11) is -2.43. The average molecular weight is 457 g/mol. The number of methoxy groups -OCH3 is 1. The molecule has 1 N–H and O–H groups in total. The van der Waals surface area contributed by atoms with Gasteiger partial charge in [-0.1, -0.05) is 18.2 Å². The highest BCUT2D eigenvalue weighted by Gasteiger charge is 2.30. The molecule has 1 aromatic heterocycles. The third kappa shape index (κ3) is 4.05. The number of fused-ring (bicyclic) bond motifs is 1. The van der Waals surface area contributed by atoms with Crippen LogP contribution in [0.15, 0.2) is 58.8 Å². The van der Waals surface area contributed by atoms with Crippen LogP contribution < -0.4 is 9.46 Å². The van der Waals surface area contributed by atoms with Crippen molar-refractivity contribution in [3.05, 3.63) is 75.5 Å². The van der Waals surface area contributed by atoms with Crippen LogP contribution in [0.25, 0.3) is 0 Å². The average Bonchev–Trinajstić information content (AvgIpc) is 3.24. The number of thiophene rings is 1. The fourth-order valence-electron chi connectivity index (χ4n) is 3.90. The van der Waals surface area contributed by atoms with E-state index in [0.29, 0.717) is 29.1 Å². The molecule has 2 aromatic carbocycles. The third-order valence-corrected chi connectivity index (χ3v) is 8.12. The summed E-state index contributed by atoms with van der Waals surface area (Å²) in [5, 5.41) is 2.05. The van der Waals surface area contributed by atoms with E-state index in [9.17, 15) is 13.2 Å². The lowest BCUT2D eigenvalue weighted by Crippen LogP contribution is -2.38. The van der Waals surface area contributed by atoms with Crippen molar-refractivity contribution in [2.75, 3.05) is 18.4 Å². The van der Waals surface area contributed by atoms with Gasteiger partial charge in [-0.05, 0) is 67.1 Å². The Morgan fingerprint density at radius 1 is 1.19 bits per heavy atom. The van der Waals surface area contributed by atoms with Crippen molar-refractivity contribution in [3.8, 4) is 5.75 Å². The van der Waals surface area contributed by atoms with Crippen molar-refractivity contribution >= 4 is 33.0 Å². The zero-order chi connectivity index (χ0) is 22.2. The first-order chi connectivity index (χ1) is 14.8. The molecular weight excluding hydrogens is 432 g/mol. The Hall–Kier alpha value is -2.84. The maximum Gasteiger partial charge on any atom is 0.262 e. The summed E-state index contributed by atoms with van der Waals surface area (Å²) in [6.45, 7) is 4.34. The third-order valence-electron chi connectivity index (χ3n) is 5.61. The molecule has 0 saturated heterocycles. The number of ether oxygens (including phenoxy) is 1. The van der Waals surface area contributed by atoms with E-state index in [1.165, 1.54) is 23.6 Å². The number of aryl methyl sites for hydroxylation is 1. The molecule has 0 radical (unpaired) electrons. The normalized spacial score (nSPS) is 16.0. The number of nitrogens with zero attached hydrogens (tertiary/aromatic N) is 1. The first-order valence-corrected chi connectivity index (χ1v) is 12.3. The molecule has 0 fully saturated rings. The topological polar surface area (TPSA) is 75.7 Å². The number of carbonyl (C=O) groups excluding carboxylic acids is 1. The maximum absolute atomic E-state index is 13.3. The second kappa shape index (κ2) is 8.36. The van der Waals surface area contributed by atoms with Gasteiger partial charge in [-0.2, -0.15) is 0 Å². The number of anilines is 1. The molecule has 4 rings (SSSR count). The monoisotopic (exact) mass is 456 g/mol. The summed E-state index contributed by atoms with van der Waals surface area (Å²) < 4.78 is 34.1. The predicted molar refractivity (Wildman–Crippen MR) is 122 cm³/mol. The lowest BCUT2D eigenvalue weighted by molar-refractivity contribution is 0.0679. The van der Waals surface area contributed by atoms with Crippen LogP contribution in [0.1, 0.15) is 39.3 Å². The van der Waals surface area contributed by atoms with Crippen molar-refractivity contribution in [3.63, 3.8) is 0 Å². The Labute approximate surface area is 186 Å². The minimum absolute atomic E-state index is 0.0458. The predicted octanol–water partition coefficient (Wildman–Crippen LogP) is 4.63. The van der Waals surface area contributed by atoms with Gasteiger partial charge in [0.2, 0.25) is 0 Å². The van der Waals surface area contributed by atoms with Crippen LogP contribution in [-0.4, -0.2) is 32.9 Å². The molecule has 2 heterocycles. The van der Waals surface area contributed by atoms with E-state index in [-0.39, 0.29) is 16.8 Å². The van der Waals surface area contributed by atoms with Gasteiger partial charge in [0.25, 0.3) is 15.9 Å². The highest BCUT2D eigenvalue weighted by molar-refractivity contribution is 7.92. The molecule has 0 bridgehead atoms. The van der Waals surface area contributed by atoms with Gasteiger partial charge in [0.05, 0.1) is 23.7 Å². The maximum atomic E-state index is 13.3. The van der Waals surface area contributed by atoms with Crippen molar-refractivity contribution in [1.82, 2.24) is 4.90 Å². The molecule has 1 atom stereocenters. The van der Waals surface area contributed by atoms with Crippen LogP contribution in [0.3, 0.4) is 0 Å². The zero-order valence-corrected chi connectivity index (χ0v) is 19.2. The van der Waals surface area contributed by atoms with E-state index < -0.39 is 10.0 Å². The molecule has 6 nitrogen and oxygen atoms in total. The largest absolute Gasteiger partial charge is 0.495 e. The van der Waals surface area contributed by atoms with Gasteiger partial charge in [0.1, 0.15) is 5.75 Å². The number of benzene rings is 2. The van der Waals surface area contributed by atoms with Gasteiger partial charge in [0.15, 0.2) is 0 Å². The SMILES string of the molecule is COc1ccccc1NS(=O)(=O)c1cc(C(=O)N2CCc3sccc3[C@H]2C)ccc1C. The number of hydrogen-bond donors (Lipinski definition) is 1. The summed E-state index contributed by atoms with van der Waals surface area (Å²) in [4.78, 5) is 16.5. The number of rotatable bonds is 5. The number of para-hydroxylation sites is 2. The van der Waals surface area contributed by atoms with Gasteiger partial charge in [-0.15, -0.1) is 11.3 Å². The van der Waals surface area contributed by atoms with Crippen molar-refractivity contribution < 1.29 is 17.9 Å². The summed E-state index contributed by atoms with van der Waals surface area (Å²) in [6, 6.07) is 13.6. The summed E-state index contributed by atoms with van der Waals surface area (Å²) in [5.41, 5.74) is 2.43. The second-order valence-corrected chi connectivity index (χ2v) is 10.2. The molecule has 162 valence electrons. The van der Waals surface area contributed by atoms with Crippen LogP contribution in [-0.2, 0) is 16.4 Å². The molecule has 0 unspecified atom stereocenters. The fourth-order valence-corrected chi connectivity index (χ4v) is 6.21. The van der Waals surface area contributed by atoms with E-state index in [1.54, 1.807) is 54.7 Å². The molecule has 1 aliphatic heterocycles. The van der Waals surface area contributed by atoms with Crippen LogP contribution in [0.5, 0.6) is 5.75 Å². The molecule has 3 aromatic rings. The molecule has 0 saturated carbocycles. The standard InChI is InChI=1S/C23H24N2O4S2/c1-15-8-9-17(23(26)25-12-10-21-18(16(25)2)11-13-30-21)14-22(15)31(27,28)24-19-6-4-5-7-20(19)29-3/h4-9,11,13-14,16,24H,10,12H2,1-3H3/t16-/m1/s1. The minimum Gasteiger partial charge on any atom is -0.495 e. The zero-order valence-electron chi connectivity index (χ0n) is 17.6. The lowest BCUT2D eigenvalue weighted by atomic mass is 10.00. The van der Waals surface area contributed by atoms with Crippen LogP contribution in [0.2, 0.25) is 0 Å². The van der Waals surface area contributed by atoms with Gasteiger partial charge in [-0.25, -0.2) is 8.42 Å². The number of amides is 1. The summed E-state index contributed by atoms with van der Waals surface area (Å²) in [6.07, 6.45) is 0.815. The highest BCUT2D eigenvalue weighted by atomic mass is 32.2. The van der Waals surface area contributed by atoms with E-state index in [4.69, 9.17) is 4.74 Å². The number of hydrogen-bond acceptors (Lipinski definition) is 5. The number of sulfonamides is 1. The van der Waals surface area contributed by atoms with Crippen LogP contribution in [0.4, 0.5) is 5.69 Å². The number of nitrogens with one attached hydrogen (secondary N) is 1. The van der Waals surface area contributed by atoms with Gasteiger partial charge >= 0.3 is 0 Å². The lowest BCUT2D eigenvalue weighted by Gasteiger charge is -2.33. The highest BCUT2D eigenvalue weighted by Crippen LogP contribution is 2.34. The molecule has 0 aliphatic carbocycles. The molecular formula is C23H24N2O4S2. The van der Waals surface area contributed by atoms with E-state index in [0.717, 1.165) is 6.42 Å². The first-order valence-electron chi connectivity index (χ1n) is 9.95. The van der Waals surface area contributed by atoms with Crippen molar-refractivity contribution in [1.29, 1.82) is 0 Å². The molecule has 1 amide bonds.